The van der Waals surface area contributed by atoms with Gasteiger partial charge in [-0.15, -0.1) is 23.3 Å². The molecule has 0 bridgehead atoms. The maximum absolute atomic E-state index is 12.7. The van der Waals surface area contributed by atoms with Crippen molar-refractivity contribution in [1.82, 2.24) is 15.1 Å². The number of rotatable bonds is 13. The van der Waals surface area contributed by atoms with Gasteiger partial charge >= 0.3 is 6.30 Å². The molecule has 1 aromatic heterocycles. The van der Waals surface area contributed by atoms with Crippen LogP contribution in [-0.2, 0) is 11.1 Å². The Kier molecular flexibility index (Phi) is 9.49. The van der Waals surface area contributed by atoms with Gasteiger partial charge in [0.2, 0.25) is 0 Å². The second-order valence-corrected chi connectivity index (χ2v) is 7.44. The third-order valence-electron chi connectivity index (χ3n) is 5.02. The molecule has 2 aromatic rings. The lowest BCUT2D eigenvalue weighted by Gasteiger charge is -2.18. The number of ether oxygens (including phenoxy) is 1. The van der Waals surface area contributed by atoms with Crippen molar-refractivity contribution in [2.24, 2.45) is 5.92 Å². The molecule has 0 aliphatic heterocycles. The first-order chi connectivity index (χ1) is 15.6. The molecule has 33 heavy (non-hydrogen) atoms. The fourth-order valence-electron chi connectivity index (χ4n) is 3.14. The van der Waals surface area contributed by atoms with Gasteiger partial charge in [0, 0.05) is 12.1 Å². The summed E-state index contributed by atoms with van der Waals surface area (Å²) in [6.07, 6.45) is -0.807. The van der Waals surface area contributed by atoms with Gasteiger partial charge in [0.1, 0.15) is 6.10 Å². The predicted octanol–water partition coefficient (Wildman–Crippen LogP) is 4.63. The molecule has 0 aliphatic carbocycles. The van der Waals surface area contributed by atoms with Crippen LogP contribution in [0.3, 0.4) is 0 Å². The topological polar surface area (TPSA) is 109 Å². The van der Waals surface area contributed by atoms with E-state index in [1.807, 2.05) is 13.8 Å². The second-order valence-electron chi connectivity index (χ2n) is 7.44. The van der Waals surface area contributed by atoms with Crippen molar-refractivity contribution < 1.29 is 32.6 Å². The zero-order valence-corrected chi connectivity index (χ0v) is 18.4. The van der Waals surface area contributed by atoms with Crippen LogP contribution in [0.4, 0.5) is 13.2 Å². The zero-order valence-electron chi connectivity index (χ0n) is 18.4. The summed E-state index contributed by atoms with van der Waals surface area (Å²) in [6.45, 7) is 4.13. The Bertz CT molecular complexity index is 902. The SMILES string of the molecule is CCCC(Oc1cnn(C(F)(F)F)c1)c1ccc(C(=O)NCCC(CC)CO[N+](=O)[O-])cc1. The summed E-state index contributed by atoms with van der Waals surface area (Å²) in [5.41, 5.74) is 1.13. The largest absolute Gasteiger partial charge is 0.504 e. The number of halogens is 3. The van der Waals surface area contributed by atoms with Crippen molar-refractivity contribution in [3.05, 3.63) is 57.9 Å². The van der Waals surface area contributed by atoms with E-state index < -0.39 is 17.5 Å². The molecule has 2 rings (SSSR count). The molecule has 1 aromatic carbocycles. The molecule has 0 spiro atoms. The van der Waals surface area contributed by atoms with Crippen LogP contribution in [0.2, 0.25) is 0 Å². The Morgan fingerprint density at radius 3 is 2.48 bits per heavy atom. The summed E-state index contributed by atoms with van der Waals surface area (Å²) in [4.78, 5) is 27.1. The number of hydrogen-bond acceptors (Lipinski definition) is 6. The normalized spacial score (nSPS) is 13.2. The average molecular weight is 472 g/mol. The van der Waals surface area contributed by atoms with E-state index in [1.54, 1.807) is 24.3 Å². The van der Waals surface area contributed by atoms with Crippen LogP contribution in [0, 0.1) is 16.0 Å². The Balaban J connectivity index is 1.94. The van der Waals surface area contributed by atoms with Crippen LogP contribution >= 0.6 is 0 Å². The summed E-state index contributed by atoms with van der Waals surface area (Å²) in [5.74, 6) is -0.350. The van der Waals surface area contributed by atoms with Crippen LogP contribution in [0.15, 0.2) is 36.7 Å². The average Bonchev–Trinajstić information content (AvgIpc) is 3.25. The van der Waals surface area contributed by atoms with E-state index >= 15 is 0 Å². The molecule has 0 radical (unpaired) electrons. The maximum Gasteiger partial charge on any atom is 0.504 e. The Morgan fingerprint density at radius 2 is 1.94 bits per heavy atom. The van der Waals surface area contributed by atoms with Crippen molar-refractivity contribution in [2.45, 2.75) is 51.9 Å². The summed E-state index contributed by atoms with van der Waals surface area (Å²) in [6, 6.07) is 6.62. The molecule has 12 heteroatoms. The van der Waals surface area contributed by atoms with Crippen molar-refractivity contribution in [3.8, 4) is 5.75 Å². The summed E-state index contributed by atoms with van der Waals surface area (Å²) < 4.78 is 43.8. The highest BCUT2D eigenvalue weighted by Crippen LogP contribution is 2.29. The summed E-state index contributed by atoms with van der Waals surface area (Å²) >= 11 is 0. The lowest BCUT2D eigenvalue weighted by atomic mass is 10.0. The van der Waals surface area contributed by atoms with Crippen LogP contribution < -0.4 is 10.1 Å². The number of carbonyl (C=O) groups excluding carboxylic acids is 1. The lowest BCUT2D eigenvalue weighted by Crippen LogP contribution is -2.27. The monoisotopic (exact) mass is 472 g/mol. The number of nitrogens with one attached hydrogen (secondary N) is 1. The van der Waals surface area contributed by atoms with Crippen LogP contribution in [0.25, 0.3) is 0 Å². The summed E-state index contributed by atoms with van der Waals surface area (Å²) in [7, 11) is 0. The van der Waals surface area contributed by atoms with Crippen molar-refractivity contribution in [1.29, 1.82) is 0 Å². The number of aromatic nitrogens is 2. The van der Waals surface area contributed by atoms with Crippen LogP contribution in [-0.4, -0.2) is 33.9 Å². The number of benzene rings is 1. The third-order valence-corrected chi connectivity index (χ3v) is 5.02. The smallest absolute Gasteiger partial charge is 0.482 e. The number of carbonyl (C=O) groups is 1. The minimum absolute atomic E-state index is 0.000804. The van der Waals surface area contributed by atoms with E-state index in [4.69, 9.17) is 4.74 Å². The van der Waals surface area contributed by atoms with Crippen molar-refractivity contribution in [2.75, 3.05) is 13.2 Å². The lowest BCUT2D eigenvalue weighted by molar-refractivity contribution is -0.759. The highest BCUT2D eigenvalue weighted by atomic mass is 19.4. The number of hydrogen-bond donors (Lipinski definition) is 1. The molecule has 0 aliphatic rings. The molecule has 9 nitrogen and oxygen atoms in total. The molecular weight excluding hydrogens is 445 g/mol. The molecule has 2 atom stereocenters. The fraction of sp³-hybridized carbons (Fsp3) is 0.524. The molecule has 182 valence electrons. The van der Waals surface area contributed by atoms with E-state index in [0.717, 1.165) is 24.4 Å². The first kappa shape index (κ1) is 25.9. The molecule has 0 saturated heterocycles. The summed E-state index contributed by atoms with van der Waals surface area (Å²) in [5, 5.41) is 15.5. The first-order valence-electron chi connectivity index (χ1n) is 10.6. The van der Waals surface area contributed by atoms with Gasteiger partial charge < -0.3 is 14.9 Å². The minimum atomic E-state index is -4.62. The number of alkyl halides is 3. The Hall–Kier alpha value is -3.31. The number of nitrogens with zero attached hydrogens (tertiary/aromatic N) is 3. The van der Waals surface area contributed by atoms with Gasteiger partial charge in [0.05, 0.1) is 19.0 Å². The van der Waals surface area contributed by atoms with Gasteiger partial charge in [-0.2, -0.15) is 9.78 Å². The van der Waals surface area contributed by atoms with Crippen molar-refractivity contribution in [3.63, 3.8) is 0 Å². The molecular formula is C21H27F3N4O5. The molecule has 1 amide bonds. The van der Waals surface area contributed by atoms with Crippen LogP contribution in [0.5, 0.6) is 5.75 Å². The third kappa shape index (κ3) is 8.28. The first-order valence-corrected chi connectivity index (χ1v) is 10.6. The molecule has 0 saturated carbocycles. The van der Waals surface area contributed by atoms with E-state index in [1.165, 1.54) is 0 Å². The van der Waals surface area contributed by atoms with E-state index in [0.29, 0.717) is 31.4 Å². The number of amides is 1. The van der Waals surface area contributed by atoms with Gasteiger partial charge in [-0.05, 0) is 36.5 Å². The predicted molar refractivity (Wildman–Crippen MR) is 112 cm³/mol. The van der Waals surface area contributed by atoms with Gasteiger partial charge in [0.25, 0.3) is 11.0 Å². The molecule has 0 fully saturated rings. The molecule has 1 N–H and O–H groups in total. The quantitative estimate of drug-likeness (QED) is 0.336. The van der Waals surface area contributed by atoms with Crippen molar-refractivity contribution >= 4 is 5.91 Å². The van der Waals surface area contributed by atoms with Crippen LogP contribution in [0.1, 0.15) is 61.6 Å². The van der Waals surface area contributed by atoms with Gasteiger partial charge in [-0.1, -0.05) is 38.8 Å². The standard InChI is InChI=1S/C21H27F3N4O5/c1-3-5-19(33-18-12-26-27(13-18)21(22,23)24)16-6-8-17(9-7-16)20(29)25-11-10-15(4-2)14-32-28(30)31/h6-9,12-13,15,19H,3-5,10-11,14H2,1-2H3,(H,25,29). The maximum atomic E-state index is 12.7. The van der Waals surface area contributed by atoms with Gasteiger partial charge in [-0.3, -0.25) is 4.79 Å². The highest BCUT2D eigenvalue weighted by molar-refractivity contribution is 5.94. The minimum Gasteiger partial charge on any atom is -0.482 e. The second kappa shape index (κ2) is 12.1. The molecule has 2 unspecified atom stereocenters. The van der Waals surface area contributed by atoms with E-state index in [2.05, 4.69) is 15.3 Å². The molecule has 1 heterocycles. The fourth-order valence-corrected chi connectivity index (χ4v) is 3.14. The van der Waals surface area contributed by atoms with Gasteiger partial charge in [0.15, 0.2) is 5.75 Å². The Labute approximate surface area is 189 Å². The van der Waals surface area contributed by atoms with E-state index in [-0.39, 0.29) is 28.9 Å². The zero-order chi connectivity index (χ0) is 24.4. The van der Waals surface area contributed by atoms with Gasteiger partial charge in [-0.25, -0.2) is 0 Å². The van der Waals surface area contributed by atoms with E-state index in [9.17, 15) is 28.1 Å². The highest BCUT2D eigenvalue weighted by Gasteiger charge is 2.32. The Morgan fingerprint density at radius 1 is 1.24 bits per heavy atom.